The molecule has 0 atom stereocenters. The van der Waals surface area contributed by atoms with Crippen molar-refractivity contribution in [1.29, 1.82) is 5.41 Å². The molecule has 0 fully saturated rings. The lowest BCUT2D eigenvalue weighted by molar-refractivity contribution is 0.986. The summed E-state index contributed by atoms with van der Waals surface area (Å²) in [4.78, 5) is 4.71. The fourth-order valence-electron chi connectivity index (χ4n) is 3.75. The number of aryl methyl sites for hydroxylation is 1. The summed E-state index contributed by atoms with van der Waals surface area (Å²) in [6, 6.07) is 23.2. The molecule has 3 aromatic carbocycles. The maximum atomic E-state index is 8.39. The van der Waals surface area contributed by atoms with Crippen LogP contribution in [0.3, 0.4) is 0 Å². The van der Waals surface area contributed by atoms with Gasteiger partial charge in [-0.15, -0.1) is 0 Å². The molecule has 0 saturated heterocycles. The lowest BCUT2D eigenvalue weighted by Crippen LogP contribution is -2.03. The first-order valence-corrected chi connectivity index (χ1v) is 9.85. The Kier molecular flexibility index (Phi) is 5.07. The van der Waals surface area contributed by atoms with Crippen LogP contribution in [0, 0.1) is 12.3 Å². The molecule has 4 aromatic rings. The molecule has 0 unspecified atom stereocenters. The van der Waals surface area contributed by atoms with Crippen LogP contribution in [-0.2, 0) is 6.54 Å². The van der Waals surface area contributed by atoms with E-state index in [1.807, 2.05) is 13.0 Å². The topological polar surface area (TPSA) is 48.8 Å². The minimum absolute atomic E-state index is 0.689. The number of hydrogen-bond acceptors (Lipinski definition) is 3. The molecule has 1 aromatic heterocycles. The molecule has 0 amide bonds. The van der Waals surface area contributed by atoms with Gasteiger partial charge in [0.25, 0.3) is 0 Å². The third-order valence-electron chi connectivity index (χ3n) is 5.13. The number of pyridine rings is 1. The van der Waals surface area contributed by atoms with Crippen molar-refractivity contribution in [2.75, 3.05) is 5.32 Å². The molecule has 0 saturated carbocycles. The van der Waals surface area contributed by atoms with Gasteiger partial charge in [0, 0.05) is 34.6 Å². The molecule has 0 spiro atoms. The van der Waals surface area contributed by atoms with Crippen LogP contribution in [0.2, 0.25) is 0 Å². The van der Waals surface area contributed by atoms with E-state index in [1.165, 1.54) is 16.3 Å². The average molecular weight is 367 g/mol. The first-order valence-electron chi connectivity index (χ1n) is 9.85. The fraction of sp³-hybridized carbons (Fsp3) is 0.200. The molecule has 28 heavy (non-hydrogen) atoms. The van der Waals surface area contributed by atoms with Crippen LogP contribution in [-0.4, -0.2) is 10.7 Å². The highest BCUT2D eigenvalue weighted by molar-refractivity contribution is 6.09. The van der Waals surface area contributed by atoms with Crippen molar-refractivity contribution in [3.63, 3.8) is 0 Å². The van der Waals surface area contributed by atoms with Crippen LogP contribution in [0.5, 0.6) is 0 Å². The quantitative estimate of drug-likeness (QED) is 0.383. The second-order valence-corrected chi connectivity index (χ2v) is 7.26. The molecular formula is C25H25N3. The van der Waals surface area contributed by atoms with Crippen molar-refractivity contribution in [2.24, 2.45) is 0 Å². The third-order valence-corrected chi connectivity index (χ3v) is 5.13. The van der Waals surface area contributed by atoms with Gasteiger partial charge in [0.2, 0.25) is 0 Å². The smallest absolute Gasteiger partial charge is 0.0732 e. The Morgan fingerprint density at radius 2 is 1.79 bits per heavy atom. The molecule has 0 aliphatic heterocycles. The van der Waals surface area contributed by atoms with Crippen molar-refractivity contribution in [3.8, 4) is 0 Å². The Labute approximate surface area is 165 Å². The van der Waals surface area contributed by atoms with Gasteiger partial charge in [-0.2, -0.15) is 0 Å². The summed E-state index contributed by atoms with van der Waals surface area (Å²) < 4.78 is 0. The van der Waals surface area contributed by atoms with Gasteiger partial charge in [0.05, 0.1) is 5.52 Å². The Morgan fingerprint density at radius 3 is 2.64 bits per heavy atom. The number of fused-ring (bicyclic) bond motifs is 2. The minimum atomic E-state index is 0.689. The minimum Gasteiger partial charge on any atom is -0.381 e. The van der Waals surface area contributed by atoms with E-state index < -0.39 is 0 Å². The molecule has 3 heteroatoms. The summed E-state index contributed by atoms with van der Waals surface area (Å²) in [6.07, 6.45) is 1.77. The van der Waals surface area contributed by atoms with E-state index in [0.717, 1.165) is 47.2 Å². The normalized spacial score (nSPS) is 11.1. The van der Waals surface area contributed by atoms with Crippen molar-refractivity contribution >= 4 is 33.1 Å². The van der Waals surface area contributed by atoms with Gasteiger partial charge in [-0.25, -0.2) is 0 Å². The zero-order valence-electron chi connectivity index (χ0n) is 16.4. The number of aromatic nitrogens is 1. The lowest BCUT2D eigenvalue weighted by Gasteiger charge is -2.12. The Morgan fingerprint density at radius 1 is 0.964 bits per heavy atom. The van der Waals surface area contributed by atoms with E-state index in [1.54, 1.807) is 0 Å². The maximum Gasteiger partial charge on any atom is 0.0732 e. The molecule has 0 bridgehead atoms. The molecule has 4 rings (SSSR count). The first kappa shape index (κ1) is 18.2. The number of nitrogens with zero attached hydrogens (tertiary/aromatic N) is 1. The van der Waals surface area contributed by atoms with E-state index in [4.69, 9.17) is 10.4 Å². The predicted octanol–water partition coefficient (Wildman–Crippen LogP) is 6.48. The first-order chi connectivity index (χ1) is 13.7. The zero-order valence-corrected chi connectivity index (χ0v) is 16.4. The van der Waals surface area contributed by atoms with E-state index in [9.17, 15) is 0 Å². The largest absolute Gasteiger partial charge is 0.381 e. The zero-order chi connectivity index (χ0) is 19.5. The Balaban J connectivity index is 1.64. The van der Waals surface area contributed by atoms with Gasteiger partial charge in [0.1, 0.15) is 0 Å². The van der Waals surface area contributed by atoms with E-state index in [-0.39, 0.29) is 0 Å². The third kappa shape index (κ3) is 3.61. The van der Waals surface area contributed by atoms with E-state index in [0.29, 0.717) is 5.71 Å². The summed E-state index contributed by atoms with van der Waals surface area (Å²) >= 11 is 0. The van der Waals surface area contributed by atoms with Crippen molar-refractivity contribution in [3.05, 3.63) is 83.6 Å². The van der Waals surface area contributed by atoms with Gasteiger partial charge in [-0.1, -0.05) is 61.9 Å². The SMILES string of the molecule is CCCC(=N)c1cc(C)nc2cc(NCc3cccc4ccccc34)ccc12. The van der Waals surface area contributed by atoms with Gasteiger partial charge >= 0.3 is 0 Å². The predicted molar refractivity (Wildman–Crippen MR) is 119 cm³/mol. The van der Waals surface area contributed by atoms with Crippen molar-refractivity contribution in [1.82, 2.24) is 4.98 Å². The Hall–Kier alpha value is -3.20. The highest BCUT2D eigenvalue weighted by atomic mass is 14.9. The van der Waals surface area contributed by atoms with Gasteiger partial charge < -0.3 is 10.7 Å². The van der Waals surface area contributed by atoms with E-state index >= 15 is 0 Å². The second-order valence-electron chi connectivity index (χ2n) is 7.26. The van der Waals surface area contributed by atoms with Crippen LogP contribution in [0.15, 0.2) is 66.7 Å². The van der Waals surface area contributed by atoms with Crippen LogP contribution >= 0.6 is 0 Å². The summed E-state index contributed by atoms with van der Waals surface area (Å²) in [6.45, 7) is 4.87. The molecule has 0 aliphatic rings. The molecule has 140 valence electrons. The summed E-state index contributed by atoms with van der Waals surface area (Å²) in [5, 5.41) is 15.5. The molecular weight excluding hydrogens is 342 g/mol. The molecule has 0 radical (unpaired) electrons. The summed E-state index contributed by atoms with van der Waals surface area (Å²) in [7, 11) is 0. The fourth-order valence-corrected chi connectivity index (χ4v) is 3.75. The van der Waals surface area contributed by atoms with E-state index in [2.05, 4.69) is 72.9 Å². The summed E-state index contributed by atoms with van der Waals surface area (Å²) in [5.74, 6) is 0. The highest BCUT2D eigenvalue weighted by Crippen LogP contribution is 2.25. The maximum absolute atomic E-state index is 8.39. The van der Waals surface area contributed by atoms with Crippen molar-refractivity contribution in [2.45, 2.75) is 33.2 Å². The van der Waals surface area contributed by atoms with Gasteiger partial charge in [-0.3, -0.25) is 4.98 Å². The standard InChI is InChI=1S/C25H25N3/c1-3-7-24(26)23-14-17(2)28-25-15-20(12-13-22(23)25)27-16-19-10-6-9-18-8-4-5-11-21(18)19/h4-6,8-15,26-27H,3,7,16H2,1-2H3. The monoisotopic (exact) mass is 367 g/mol. The van der Waals surface area contributed by atoms with Crippen LogP contribution < -0.4 is 5.32 Å². The van der Waals surface area contributed by atoms with Gasteiger partial charge in [-0.05, 0) is 47.9 Å². The molecule has 1 heterocycles. The number of rotatable bonds is 6. The number of nitrogens with one attached hydrogen (secondary N) is 2. The number of anilines is 1. The van der Waals surface area contributed by atoms with Crippen LogP contribution in [0.25, 0.3) is 21.7 Å². The van der Waals surface area contributed by atoms with Gasteiger partial charge in [0.15, 0.2) is 0 Å². The molecule has 3 nitrogen and oxygen atoms in total. The van der Waals surface area contributed by atoms with Crippen LogP contribution in [0.4, 0.5) is 5.69 Å². The molecule has 2 N–H and O–H groups in total. The lowest BCUT2D eigenvalue weighted by atomic mass is 10.00. The highest BCUT2D eigenvalue weighted by Gasteiger charge is 2.09. The molecule has 0 aliphatic carbocycles. The van der Waals surface area contributed by atoms with Crippen LogP contribution in [0.1, 0.15) is 36.6 Å². The van der Waals surface area contributed by atoms with Crippen molar-refractivity contribution < 1.29 is 0 Å². The number of benzene rings is 3. The second kappa shape index (κ2) is 7.81. The number of hydrogen-bond donors (Lipinski definition) is 2. The Bertz CT molecular complexity index is 1160. The average Bonchev–Trinajstić information content (AvgIpc) is 2.71. The summed E-state index contributed by atoms with van der Waals surface area (Å²) in [5.41, 5.74) is 5.92.